The van der Waals surface area contributed by atoms with Gasteiger partial charge in [0.15, 0.2) is 0 Å². The zero-order chi connectivity index (χ0) is 12.6. The first-order chi connectivity index (χ1) is 7.92. The second kappa shape index (κ2) is 4.08. The molecule has 0 aliphatic heterocycles. The third-order valence-corrected chi connectivity index (χ3v) is 3.15. The van der Waals surface area contributed by atoms with E-state index in [0.29, 0.717) is 17.0 Å². The summed E-state index contributed by atoms with van der Waals surface area (Å²) in [5.74, 6) is -0.834. The average molecular weight is 253 g/mol. The second-order valence-electron chi connectivity index (χ2n) is 4.74. The largest absolute Gasteiger partial charge is 0.481 e. The van der Waals surface area contributed by atoms with Crippen LogP contribution in [0.5, 0.6) is 0 Å². The summed E-state index contributed by atoms with van der Waals surface area (Å²) < 4.78 is 5.38. The molecule has 1 aromatic heterocycles. The molecule has 0 aliphatic carbocycles. The molecule has 1 aromatic carbocycles. The summed E-state index contributed by atoms with van der Waals surface area (Å²) >= 11 is 6.10. The summed E-state index contributed by atoms with van der Waals surface area (Å²) in [6, 6.07) is 5.40. The molecule has 90 valence electrons. The lowest BCUT2D eigenvalue weighted by atomic mass is 9.86. The predicted molar refractivity (Wildman–Crippen MR) is 66.3 cm³/mol. The van der Waals surface area contributed by atoms with Crippen LogP contribution in [0.1, 0.15) is 19.4 Å². The lowest BCUT2D eigenvalue weighted by Crippen LogP contribution is -2.26. The Balaban J connectivity index is 2.47. The highest BCUT2D eigenvalue weighted by Crippen LogP contribution is 2.33. The molecule has 17 heavy (non-hydrogen) atoms. The standard InChI is InChI=1S/C13H13ClO3/c1-13(2,12(15)16)6-8-7-17-10-5-3-4-9(14)11(8)10/h3-5,7H,6H2,1-2H3,(H,15,16). The third kappa shape index (κ3) is 2.15. The van der Waals surface area contributed by atoms with Gasteiger partial charge in [-0.05, 0) is 32.4 Å². The average Bonchev–Trinajstić information content (AvgIpc) is 2.62. The highest BCUT2D eigenvalue weighted by Gasteiger charge is 2.29. The van der Waals surface area contributed by atoms with Crippen LogP contribution in [0.25, 0.3) is 11.0 Å². The molecule has 2 aromatic rings. The summed E-state index contributed by atoms with van der Waals surface area (Å²) in [4.78, 5) is 11.1. The molecule has 1 N–H and O–H groups in total. The van der Waals surface area contributed by atoms with E-state index in [1.807, 2.05) is 6.07 Å². The van der Waals surface area contributed by atoms with Gasteiger partial charge in [0, 0.05) is 10.9 Å². The second-order valence-corrected chi connectivity index (χ2v) is 5.15. The van der Waals surface area contributed by atoms with Gasteiger partial charge in [-0.2, -0.15) is 0 Å². The smallest absolute Gasteiger partial charge is 0.309 e. The predicted octanol–water partition coefficient (Wildman–Crippen LogP) is 3.74. The summed E-state index contributed by atoms with van der Waals surface area (Å²) in [6.07, 6.45) is 1.97. The fourth-order valence-corrected chi connectivity index (χ4v) is 2.08. The van der Waals surface area contributed by atoms with E-state index in [0.717, 1.165) is 10.9 Å². The Morgan fingerprint density at radius 3 is 2.82 bits per heavy atom. The van der Waals surface area contributed by atoms with Crippen LogP contribution in [-0.4, -0.2) is 11.1 Å². The van der Waals surface area contributed by atoms with Crippen molar-refractivity contribution in [2.45, 2.75) is 20.3 Å². The number of halogens is 1. The number of carbonyl (C=O) groups is 1. The number of hydrogen-bond donors (Lipinski definition) is 1. The van der Waals surface area contributed by atoms with Gasteiger partial charge in [-0.3, -0.25) is 4.79 Å². The van der Waals surface area contributed by atoms with E-state index in [2.05, 4.69) is 0 Å². The minimum atomic E-state index is -0.837. The van der Waals surface area contributed by atoms with Crippen LogP contribution in [-0.2, 0) is 11.2 Å². The van der Waals surface area contributed by atoms with Gasteiger partial charge < -0.3 is 9.52 Å². The number of benzene rings is 1. The van der Waals surface area contributed by atoms with E-state index in [1.54, 1.807) is 32.2 Å². The molecular weight excluding hydrogens is 240 g/mol. The summed E-state index contributed by atoms with van der Waals surface area (Å²) in [5, 5.41) is 10.5. The van der Waals surface area contributed by atoms with Gasteiger partial charge in [-0.1, -0.05) is 17.7 Å². The number of fused-ring (bicyclic) bond motifs is 1. The monoisotopic (exact) mass is 252 g/mol. The SMILES string of the molecule is CC(C)(Cc1coc2cccc(Cl)c12)C(=O)O. The first kappa shape index (κ1) is 12.0. The van der Waals surface area contributed by atoms with Gasteiger partial charge in [0.25, 0.3) is 0 Å². The van der Waals surface area contributed by atoms with E-state index in [-0.39, 0.29) is 0 Å². The molecule has 4 heteroatoms. The van der Waals surface area contributed by atoms with E-state index >= 15 is 0 Å². The molecule has 0 saturated heterocycles. The van der Waals surface area contributed by atoms with Gasteiger partial charge in [-0.25, -0.2) is 0 Å². The van der Waals surface area contributed by atoms with Crippen molar-refractivity contribution in [1.29, 1.82) is 0 Å². The minimum Gasteiger partial charge on any atom is -0.481 e. The van der Waals surface area contributed by atoms with Gasteiger partial charge in [0.05, 0.1) is 16.7 Å². The number of aliphatic carboxylic acids is 1. The third-order valence-electron chi connectivity index (χ3n) is 2.84. The maximum Gasteiger partial charge on any atom is 0.309 e. The Kier molecular flexibility index (Phi) is 2.87. The molecule has 0 atom stereocenters. The van der Waals surface area contributed by atoms with Crippen LogP contribution in [0.4, 0.5) is 0 Å². The number of hydrogen-bond acceptors (Lipinski definition) is 2. The fourth-order valence-electron chi connectivity index (χ4n) is 1.79. The molecule has 0 fully saturated rings. The Morgan fingerprint density at radius 1 is 1.47 bits per heavy atom. The highest BCUT2D eigenvalue weighted by molar-refractivity contribution is 6.35. The quantitative estimate of drug-likeness (QED) is 0.905. The molecular formula is C13H13ClO3. The molecule has 3 nitrogen and oxygen atoms in total. The number of rotatable bonds is 3. The first-order valence-corrected chi connectivity index (χ1v) is 5.67. The first-order valence-electron chi connectivity index (χ1n) is 5.30. The van der Waals surface area contributed by atoms with Crippen molar-refractivity contribution < 1.29 is 14.3 Å². The zero-order valence-corrected chi connectivity index (χ0v) is 10.4. The van der Waals surface area contributed by atoms with Crippen molar-refractivity contribution in [1.82, 2.24) is 0 Å². The van der Waals surface area contributed by atoms with Crippen LogP contribution < -0.4 is 0 Å². The molecule has 0 amide bonds. The van der Waals surface area contributed by atoms with Crippen molar-refractivity contribution in [2.24, 2.45) is 5.41 Å². The molecule has 0 radical (unpaired) electrons. The Hall–Kier alpha value is -1.48. The van der Waals surface area contributed by atoms with Crippen molar-refractivity contribution in [3.63, 3.8) is 0 Å². The summed E-state index contributed by atoms with van der Waals surface area (Å²) in [6.45, 7) is 3.37. The molecule has 0 bridgehead atoms. The molecule has 0 saturated carbocycles. The molecule has 0 aliphatic rings. The topological polar surface area (TPSA) is 50.4 Å². The summed E-state index contributed by atoms with van der Waals surface area (Å²) in [5.41, 5.74) is 0.683. The van der Waals surface area contributed by atoms with Gasteiger partial charge >= 0.3 is 5.97 Å². The number of carboxylic acids is 1. The molecule has 1 heterocycles. The molecule has 0 unspecified atom stereocenters. The van der Waals surface area contributed by atoms with Crippen LogP contribution in [0.2, 0.25) is 5.02 Å². The lowest BCUT2D eigenvalue weighted by Gasteiger charge is -2.18. The Labute approximate surface area is 104 Å². The van der Waals surface area contributed by atoms with Gasteiger partial charge in [0.1, 0.15) is 5.58 Å². The lowest BCUT2D eigenvalue weighted by molar-refractivity contribution is -0.146. The molecule has 0 spiro atoms. The van der Waals surface area contributed by atoms with E-state index < -0.39 is 11.4 Å². The van der Waals surface area contributed by atoms with Crippen molar-refractivity contribution in [3.05, 3.63) is 35.0 Å². The van der Waals surface area contributed by atoms with Crippen LogP contribution in [0.3, 0.4) is 0 Å². The van der Waals surface area contributed by atoms with Crippen molar-refractivity contribution >= 4 is 28.5 Å². The maximum absolute atomic E-state index is 11.1. The molecule has 2 rings (SSSR count). The van der Waals surface area contributed by atoms with E-state index in [1.165, 1.54) is 0 Å². The Morgan fingerprint density at radius 2 is 2.18 bits per heavy atom. The van der Waals surface area contributed by atoms with E-state index in [4.69, 9.17) is 21.1 Å². The number of furan rings is 1. The van der Waals surface area contributed by atoms with Gasteiger partial charge in [-0.15, -0.1) is 0 Å². The summed E-state index contributed by atoms with van der Waals surface area (Å²) in [7, 11) is 0. The Bertz CT molecular complexity index is 569. The fraction of sp³-hybridized carbons (Fsp3) is 0.308. The van der Waals surface area contributed by atoms with Crippen LogP contribution in [0, 0.1) is 5.41 Å². The van der Waals surface area contributed by atoms with Crippen molar-refractivity contribution in [3.8, 4) is 0 Å². The number of carboxylic acid groups (broad SMARTS) is 1. The van der Waals surface area contributed by atoms with Crippen LogP contribution in [0.15, 0.2) is 28.9 Å². The maximum atomic E-state index is 11.1. The highest BCUT2D eigenvalue weighted by atomic mass is 35.5. The minimum absolute atomic E-state index is 0.388. The van der Waals surface area contributed by atoms with Crippen molar-refractivity contribution in [2.75, 3.05) is 0 Å². The van der Waals surface area contributed by atoms with E-state index in [9.17, 15) is 4.79 Å². The van der Waals surface area contributed by atoms with Gasteiger partial charge in [0.2, 0.25) is 0 Å². The normalized spacial score (nSPS) is 11.9. The zero-order valence-electron chi connectivity index (χ0n) is 9.66. The van der Waals surface area contributed by atoms with Crippen LogP contribution >= 0.6 is 11.6 Å².